The maximum atomic E-state index is 12.6. The van der Waals surface area contributed by atoms with E-state index in [1.54, 1.807) is 24.0 Å². The number of aryl methyl sites for hydroxylation is 2. The molecule has 12 nitrogen and oxygen atoms in total. The fraction of sp³-hybridized carbons (Fsp3) is 0.417. The van der Waals surface area contributed by atoms with Crippen LogP contribution >= 0.6 is 11.6 Å². The molecule has 1 fully saturated rings. The van der Waals surface area contributed by atoms with Crippen LogP contribution in [0.2, 0.25) is 5.02 Å². The Hall–Kier alpha value is -3.93. The van der Waals surface area contributed by atoms with E-state index in [9.17, 15) is 9.59 Å². The molecule has 37 heavy (non-hydrogen) atoms. The summed E-state index contributed by atoms with van der Waals surface area (Å²) >= 11 is 6.19. The predicted octanol–water partition coefficient (Wildman–Crippen LogP) is 4.18. The van der Waals surface area contributed by atoms with E-state index in [1.807, 2.05) is 38.7 Å². The van der Waals surface area contributed by atoms with E-state index in [0.717, 1.165) is 5.56 Å². The molecule has 0 spiro atoms. The van der Waals surface area contributed by atoms with Gasteiger partial charge < -0.3 is 24.3 Å². The molecule has 0 saturated carbocycles. The second-order valence-electron chi connectivity index (χ2n) is 9.50. The minimum atomic E-state index is -0.548. The lowest BCUT2D eigenvalue weighted by Gasteiger charge is -2.35. The Morgan fingerprint density at radius 3 is 2.49 bits per heavy atom. The first-order chi connectivity index (χ1) is 17.5. The Balaban J connectivity index is 1.40. The Labute approximate surface area is 219 Å². The number of ether oxygens (including phenoxy) is 1. The number of aromatic nitrogens is 4. The standard InChI is InChI=1S/C24H29ClN8O4/c1-14-7-6-8-16(25)18(14)29-19(34)17-13-26-22(36-17)31-20-27-15(2)28-21(30-20)32-9-11-33(12-10-32)23(35)37-24(3,4)5/h6-8,13H,9-12H2,1-5H3,(H,29,34)(H,26,27,28,30,31). The highest BCUT2D eigenvalue weighted by molar-refractivity contribution is 6.34. The van der Waals surface area contributed by atoms with E-state index in [1.165, 1.54) is 6.20 Å². The highest BCUT2D eigenvalue weighted by Gasteiger charge is 2.27. The molecule has 1 aliphatic heterocycles. The molecule has 0 aliphatic carbocycles. The van der Waals surface area contributed by atoms with Crippen LogP contribution in [0.5, 0.6) is 0 Å². The number of oxazole rings is 1. The molecule has 13 heteroatoms. The lowest BCUT2D eigenvalue weighted by atomic mass is 10.2. The van der Waals surface area contributed by atoms with Crippen molar-refractivity contribution < 1.29 is 18.7 Å². The van der Waals surface area contributed by atoms with E-state index in [0.29, 0.717) is 48.7 Å². The average Bonchev–Trinajstić information content (AvgIpc) is 3.28. The van der Waals surface area contributed by atoms with Crippen molar-refractivity contribution >= 4 is 47.2 Å². The fourth-order valence-electron chi connectivity index (χ4n) is 3.58. The molecule has 0 bridgehead atoms. The Morgan fingerprint density at radius 2 is 1.81 bits per heavy atom. The van der Waals surface area contributed by atoms with Crippen LogP contribution in [0.1, 0.15) is 42.7 Å². The highest BCUT2D eigenvalue weighted by atomic mass is 35.5. The summed E-state index contributed by atoms with van der Waals surface area (Å²) in [5.74, 6) is 0.657. The zero-order chi connectivity index (χ0) is 26.7. The molecule has 3 aromatic rings. The summed E-state index contributed by atoms with van der Waals surface area (Å²) in [5, 5.41) is 6.04. The van der Waals surface area contributed by atoms with Gasteiger partial charge in [0, 0.05) is 26.2 Å². The number of amides is 2. The molecule has 3 heterocycles. The van der Waals surface area contributed by atoms with Gasteiger partial charge in [-0.05, 0) is 46.2 Å². The number of carbonyl (C=O) groups excluding carboxylic acids is 2. The smallest absolute Gasteiger partial charge is 0.410 e. The van der Waals surface area contributed by atoms with Crippen LogP contribution in [0.4, 0.5) is 28.4 Å². The first kappa shape index (κ1) is 26.1. The van der Waals surface area contributed by atoms with Crippen LogP contribution in [-0.4, -0.2) is 68.6 Å². The number of hydrogen-bond acceptors (Lipinski definition) is 10. The van der Waals surface area contributed by atoms with Gasteiger partial charge >= 0.3 is 12.1 Å². The van der Waals surface area contributed by atoms with Crippen LogP contribution in [0.3, 0.4) is 0 Å². The number of carbonyl (C=O) groups is 2. The maximum Gasteiger partial charge on any atom is 0.410 e. The number of halogens is 1. The molecule has 4 rings (SSSR count). The van der Waals surface area contributed by atoms with Gasteiger partial charge in [-0.15, -0.1) is 0 Å². The topological polar surface area (TPSA) is 139 Å². The summed E-state index contributed by atoms with van der Waals surface area (Å²) in [4.78, 5) is 45.9. The molecular formula is C24H29ClN8O4. The normalized spacial score (nSPS) is 13.9. The van der Waals surface area contributed by atoms with Crippen molar-refractivity contribution in [2.45, 2.75) is 40.2 Å². The molecule has 196 valence electrons. The van der Waals surface area contributed by atoms with Gasteiger partial charge in [0.05, 0.1) is 16.9 Å². The van der Waals surface area contributed by atoms with E-state index in [4.69, 9.17) is 20.8 Å². The van der Waals surface area contributed by atoms with Gasteiger partial charge in [0.25, 0.3) is 5.91 Å². The quantitative estimate of drug-likeness (QED) is 0.495. The SMILES string of the molecule is Cc1nc(Nc2ncc(C(=O)Nc3c(C)cccc3Cl)o2)nc(N2CCN(C(=O)OC(C)(C)C)CC2)n1. The zero-order valence-electron chi connectivity index (χ0n) is 21.3. The third-order valence-corrected chi connectivity index (χ3v) is 5.67. The summed E-state index contributed by atoms with van der Waals surface area (Å²) in [7, 11) is 0. The molecule has 2 N–H and O–H groups in total. The third-order valence-electron chi connectivity index (χ3n) is 5.36. The Morgan fingerprint density at radius 1 is 1.08 bits per heavy atom. The van der Waals surface area contributed by atoms with Crippen molar-refractivity contribution in [2.24, 2.45) is 0 Å². The van der Waals surface area contributed by atoms with Crippen molar-refractivity contribution in [1.82, 2.24) is 24.8 Å². The molecule has 1 aromatic carbocycles. The van der Waals surface area contributed by atoms with E-state index < -0.39 is 11.5 Å². The van der Waals surface area contributed by atoms with Crippen molar-refractivity contribution in [3.05, 3.63) is 46.6 Å². The van der Waals surface area contributed by atoms with Crippen LogP contribution < -0.4 is 15.5 Å². The van der Waals surface area contributed by atoms with Gasteiger partial charge in [0.1, 0.15) is 11.4 Å². The van der Waals surface area contributed by atoms with Gasteiger partial charge in [-0.2, -0.15) is 15.0 Å². The van der Waals surface area contributed by atoms with Crippen molar-refractivity contribution in [3.63, 3.8) is 0 Å². The second kappa shape index (κ2) is 10.6. The summed E-state index contributed by atoms with van der Waals surface area (Å²) in [6.07, 6.45) is 0.962. The van der Waals surface area contributed by atoms with E-state index in [2.05, 4.69) is 30.6 Å². The average molecular weight is 529 g/mol. The van der Waals surface area contributed by atoms with Crippen LogP contribution in [0.25, 0.3) is 0 Å². The fourth-order valence-corrected chi connectivity index (χ4v) is 3.85. The molecule has 0 atom stereocenters. The van der Waals surface area contributed by atoms with Gasteiger partial charge in [-0.25, -0.2) is 9.78 Å². The monoisotopic (exact) mass is 528 g/mol. The lowest BCUT2D eigenvalue weighted by molar-refractivity contribution is 0.0240. The second-order valence-corrected chi connectivity index (χ2v) is 9.91. The minimum Gasteiger partial charge on any atom is -0.444 e. The molecule has 0 unspecified atom stereocenters. The van der Waals surface area contributed by atoms with Gasteiger partial charge in [-0.3, -0.25) is 10.1 Å². The highest BCUT2D eigenvalue weighted by Crippen LogP contribution is 2.26. The number of anilines is 4. The summed E-state index contributed by atoms with van der Waals surface area (Å²) in [5.41, 5.74) is 0.775. The first-order valence-electron chi connectivity index (χ1n) is 11.7. The number of hydrogen-bond donors (Lipinski definition) is 2. The molecule has 2 aromatic heterocycles. The number of nitrogens with one attached hydrogen (secondary N) is 2. The third kappa shape index (κ3) is 6.64. The first-order valence-corrected chi connectivity index (χ1v) is 12.1. The van der Waals surface area contributed by atoms with Gasteiger partial charge in [-0.1, -0.05) is 23.7 Å². The Kier molecular flexibility index (Phi) is 7.48. The summed E-state index contributed by atoms with van der Waals surface area (Å²) in [6, 6.07) is 5.38. The number of benzene rings is 1. The van der Waals surface area contributed by atoms with E-state index in [-0.39, 0.29) is 23.8 Å². The summed E-state index contributed by atoms with van der Waals surface area (Å²) in [6.45, 7) is 11.1. The van der Waals surface area contributed by atoms with Crippen molar-refractivity contribution in [3.8, 4) is 0 Å². The molecule has 2 amide bonds. The van der Waals surface area contributed by atoms with Crippen molar-refractivity contribution in [2.75, 3.05) is 41.7 Å². The van der Waals surface area contributed by atoms with Crippen LogP contribution in [-0.2, 0) is 4.74 Å². The number of para-hydroxylation sites is 1. The number of rotatable bonds is 5. The largest absolute Gasteiger partial charge is 0.444 e. The van der Waals surface area contributed by atoms with E-state index >= 15 is 0 Å². The molecular weight excluding hydrogens is 500 g/mol. The maximum absolute atomic E-state index is 12.6. The van der Waals surface area contributed by atoms with Gasteiger partial charge in [0.2, 0.25) is 17.7 Å². The Bertz CT molecular complexity index is 1280. The lowest BCUT2D eigenvalue weighted by Crippen LogP contribution is -2.50. The minimum absolute atomic E-state index is 0.00825. The van der Waals surface area contributed by atoms with Crippen LogP contribution in [0.15, 0.2) is 28.8 Å². The zero-order valence-corrected chi connectivity index (χ0v) is 22.1. The number of nitrogens with zero attached hydrogens (tertiary/aromatic N) is 6. The van der Waals surface area contributed by atoms with Gasteiger partial charge in [0.15, 0.2) is 0 Å². The molecule has 1 saturated heterocycles. The molecule has 0 radical (unpaired) electrons. The summed E-state index contributed by atoms with van der Waals surface area (Å²) < 4.78 is 11.0. The predicted molar refractivity (Wildman–Crippen MR) is 139 cm³/mol. The number of piperazine rings is 1. The van der Waals surface area contributed by atoms with Crippen LogP contribution in [0, 0.1) is 13.8 Å². The molecule has 1 aliphatic rings. The van der Waals surface area contributed by atoms with Crippen molar-refractivity contribution in [1.29, 1.82) is 0 Å².